The minimum Gasteiger partial charge on any atom is -0.422 e. The second-order valence-corrected chi connectivity index (χ2v) is 6.09. The molecule has 1 aliphatic heterocycles. The SMILES string of the molecule is O=C(NCC(=O)N1CCc2ccccc21)c1cc2ccccc2oc1=O. The predicted molar refractivity (Wildman–Crippen MR) is 97.3 cm³/mol. The fraction of sp³-hybridized carbons (Fsp3) is 0.150. The molecule has 1 N–H and O–H groups in total. The van der Waals surface area contributed by atoms with Gasteiger partial charge >= 0.3 is 5.63 Å². The van der Waals surface area contributed by atoms with Crippen molar-refractivity contribution in [2.45, 2.75) is 6.42 Å². The Morgan fingerprint density at radius 1 is 1.08 bits per heavy atom. The molecule has 1 aliphatic rings. The number of hydrogen-bond donors (Lipinski definition) is 1. The third kappa shape index (κ3) is 2.86. The lowest BCUT2D eigenvalue weighted by atomic mass is 10.2. The number of para-hydroxylation sites is 2. The Bertz CT molecular complexity index is 1070. The van der Waals surface area contributed by atoms with E-state index in [0.29, 0.717) is 17.5 Å². The Morgan fingerprint density at radius 3 is 2.73 bits per heavy atom. The molecule has 1 aromatic heterocycles. The van der Waals surface area contributed by atoms with Crippen molar-refractivity contribution in [1.29, 1.82) is 0 Å². The molecule has 0 aliphatic carbocycles. The van der Waals surface area contributed by atoms with E-state index in [1.54, 1.807) is 29.2 Å². The van der Waals surface area contributed by atoms with E-state index < -0.39 is 11.5 Å². The molecule has 4 rings (SSSR count). The van der Waals surface area contributed by atoms with E-state index in [4.69, 9.17) is 4.42 Å². The molecule has 26 heavy (non-hydrogen) atoms. The van der Waals surface area contributed by atoms with Gasteiger partial charge < -0.3 is 14.6 Å². The molecule has 0 unspecified atom stereocenters. The Labute approximate surface area is 149 Å². The van der Waals surface area contributed by atoms with Crippen molar-refractivity contribution >= 4 is 28.5 Å². The van der Waals surface area contributed by atoms with E-state index in [0.717, 1.165) is 17.7 Å². The zero-order chi connectivity index (χ0) is 18.1. The number of fused-ring (bicyclic) bond motifs is 2. The molecule has 2 amide bonds. The fourth-order valence-electron chi connectivity index (χ4n) is 3.16. The molecule has 0 saturated heterocycles. The van der Waals surface area contributed by atoms with Crippen LogP contribution in [0.3, 0.4) is 0 Å². The van der Waals surface area contributed by atoms with Crippen LogP contribution in [0.5, 0.6) is 0 Å². The topological polar surface area (TPSA) is 79.6 Å². The van der Waals surface area contributed by atoms with Gasteiger partial charge in [-0.1, -0.05) is 36.4 Å². The molecule has 0 saturated carbocycles. The number of carbonyl (C=O) groups is 2. The largest absolute Gasteiger partial charge is 0.422 e. The van der Waals surface area contributed by atoms with Gasteiger partial charge in [0.15, 0.2) is 0 Å². The number of nitrogens with zero attached hydrogens (tertiary/aromatic N) is 1. The number of hydrogen-bond acceptors (Lipinski definition) is 4. The van der Waals surface area contributed by atoms with Crippen molar-refractivity contribution in [3.8, 4) is 0 Å². The summed E-state index contributed by atoms with van der Waals surface area (Å²) in [6.45, 7) is 0.408. The maximum absolute atomic E-state index is 12.5. The molecule has 130 valence electrons. The maximum Gasteiger partial charge on any atom is 0.349 e. The molecule has 0 bridgehead atoms. The number of benzene rings is 2. The summed E-state index contributed by atoms with van der Waals surface area (Å²) >= 11 is 0. The number of rotatable bonds is 3. The third-order valence-electron chi connectivity index (χ3n) is 4.47. The van der Waals surface area contributed by atoms with Crippen LogP contribution in [0.25, 0.3) is 11.0 Å². The van der Waals surface area contributed by atoms with Crippen LogP contribution in [0.1, 0.15) is 15.9 Å². The lowest BCUT2D eigenvalue weighted by Gasteiger charge is -2.17. The van der Waals surface area contributed by atoms with Crippen LogP contribution in [0.4, 0.5) is 5.69 Å². The fourth-order valence-corrected chi connectivity index (χ4v) is 3.16. The van der Waals surface area contributed by atoms with Crippen molar-refractivity contribution in [1.82, 2.24) is 5.32 Å². The summed E-state index contributed by atoms with van der Waals surface area (Å²) < 4.78 is 5.16. The van der Waals surface area contributed by atoms with Crippen molar-refractivity contribution in [3.05, 3.63) is 76.1 Å². The first-order valence-corrected chi connectivity index (χ1v) is 8.33. The first kappa shape index (κ1) is 16.1. The first-order chi connectivity index (χ1) is 12.6. The van der Waals surface area contributed by atoms with Gasteiger partial charge in [0.1, 0.15) is 11.1 Å². The molecule has 0 fully saturated rings. The molecule has 2 aromatic carbocycles. The van der Waals surface area contributed by atoms with Gasteiger partial charge in [0.2, 0.25) is 5.91 Å². The average Bonchev–Trinajstić information content (AvgIpc) is 3.09. The lowest BCUT2D eigenvalue weighted by molar-refractivity contribution is -0.117. The highest BCUT2D eigenvalue weighted by Crippen LogP contribution is 2.27. The van der Waals surface area contributed by atoms with Crippen molar-refractivity contribution in [2.75, 3.05) is 18.0 Å². The highest BCUT2D eigenvalue weighted by Gasteiger charge is 2.24. The number of anilines is 1. The standard InChI is InChI=1S/C20H16N2O4/c23-18(22-10-9-13-5-1-3-7-16(13)22)12-21-19(24)15-11-14-6-2-4-8-17(14)26-20(15)25/h1-8,11H,9-10,12H2,(H,21,24). The summed E-state index contributed by atoms with van der Waals surface area (Å²) in [6.07, 6.45) is 0.796. The van der Waals surface area contributed by atoms with E-state index in [-0.39, 0.29) is 18.0 Å². The summed E-state index contributed by atoms with van der Waals surface area (Å²) in [7, 11) is 0. The van der Waals surface area contributed by atoms with Gasteiger partial charge in [-0.3, -0.25) is 9.59 Å². The van der Waals surface area contributed by atoms with Gasteiger partial charge in [-0.25, -0.2) is 4.79 Å². The average molecular weight is 348 g/mol. The number of nitrogens with one attached hydrogen (secondary N) is 1. The van der Waals surface area contributed by atoms with Crippen LogP contribution in [0.2, 0.25) is 0 Å². The molecular formula is C20H16N2O4. The highest BCUT2D eigenvalue weighted by atomic mass is 16.4. The van der Waals surface area contributed by atoms with Crippen LogP contribution < -0.4 is 15.8 Å². The molecule has 0 atom stereocenters. The zero-order valence-corrected chi connectivity index (χ0v) is 13.9. The summed E-state index contributed by atoms with van der Waals surface area (Å²) in [5.41, 5.74) is 1.57. The maximum atomic E-state index is 12.5. The molecule has 0 spiro atoms. The van der Waals surface area contributed by atoms with Crippen LogP contribution >= 0.6 is 0 Å². The second-order valence-electron chi connectivity index (χ2n) is 6.09. The third-order valence-corrected chi connectivity index (χ3v) is 4.47. The van der Waals surface area contributed by atoms with E-state index in [2.05, 4.69) is 5.32 Å². The quantitative estimate of drug-likeness (QED) is 0.735. The van der Waals surface area contributed by atoms with Gasteiger partial charge in [-0.2, -0.15) is 0 Å². The lowest BCUT2D eigenvalue weighted by Crippen LogP contribution is -2.40. The van der Waals surface area contributed by atoms with Crippen LogP contribution in [-0.4, -0.2) is 24.9 Å². The summed E-state index contributed by atoms with van der Waals surface area (Å²) in [6, 6.07) is 16.1. The Morgan fingerprint density at radius 2 is 1.85 bits per heavy atom. The highest BCUT2D eigenvalue weighted by molar-refractivity contribution is 6.02. The van der Waals surface area contributed by atoms with Crippen LogP contribution in [0.15, 0.2) is 63.8 Å². The molecule has 6 heteroatoms. The van der Waals surface area contributed by atoms with Crippen LogP contribution in [-0.2, 0) is 11.2 Å². The van der Waals surface area contributed by atoms with Gasteiger partial charge in [-0.05, 0) is 30.2 Å². The zero-order valence-electron chi connectivity index (χ0n) is 13.9. The molecule has 0 radical (unpaired) electrons. The first-order valence-electron chi connectivity index (χ1n) is 8.33. The molecule has 3 aromatic rings. The van der Waals surface area contributed by atoms with E-state index in [1.807, 2.05) is 24.3 Å². The Balaban J connectivity index is 1.49. The predicted octanol–water partition coefficient (Wildman–Crippen LogP) is 2.11. The van der Waals surface area contributed by atoms with E-state index >= 15 is 0 Å². The normalized spacial score (nSPS) is 12.8. The number of carbonyl (C=O) groups excluding carboxylic acids is 2. The van der Waals surface area contributed by atoms with E-state index in [9.17, 15) is 14.4 Å². The van der Waals surface area contributed by atoms with Crippen molar-refractivity contribution in [2.24, 2.45) is 0 Å². The second kappa shape index (κ2) is 6.48. The summed E-state index contributed by atoms with van der Waals surface area (Å²) in [5.74, 6) is -0.834. The van der Waals surface area contributed by atoms with Crippen molar-refractivity contribution in [3.63, 3.8) is 0 Å². The minimum atomic E-state index is -0.722. The van der Waals surface area contributed by atoms with Crippen molar-refractivity contribution < 1.29 is 14.0 Å². The Kier molecular flexibility index (Phi) is 4.01. The van der Waals surface area contributed by atoms with Gasteiger partial charge in [0.25, 0.3) is 5.91 Å². The smallest absolute Gasteiger partial charge is 0.349 e. The monoisotopic (exact) mass is 348 g/mol. The van der Waals surface area contributed by atoms with Crippen LogP contribution in [0, 0.1) is 0 Å². The number of amides is 2. The van der Waals surface area contributed by atoms with Gasteiger partial charge in [0.05, 0.1) is 6.54 Å². The molecule has 2 heterocycles. The van der Waals surface area contributed by atoms with Gasteiger partial charge in [-0.15, -0.1) is 0 Å². The minimum absolute atomic E-state index is 0.113. The summed E-state index contributed by atoms with van der Waals surface area (Å²) in [5, 5.41) is 3.17. The molecule has 6 nitrogen and oxygen atoms in total. The summed E-state index contributed by atoms with van der Waals surface area (Å²) in [4.78, 5) is 38.5. The van der Waals surface area contributed by atoms with Gasteiger partial charge in [0, 0.05) is 17.6 Å². The molecular weight excluding hydrogens is 332 g/mol. The van der Waals surface area contributed by atoms with E-state index in [1.165, 1.54) is 6.07 Å². The Hall–Kier alpha value is -3.41.